The zero-order valence-corrected chi connectivity index (χ0v) is 10.2. The lowest BCUT2D eigenvalue weighted by Gasteiger charge is -2.13. The molecule has 3 rings (SSSR count). The highest BCUT2D eigenvalue weighted by Crippen LogP contribution is 2.21. The molecule has 0 bridgehead atoms. The van der Waals surface area contributed by atoms with Crippen molar-refractivity contribution in [2.75, 3.05) is 18.5 Å². The third-order valence-corrected chi connectivity index (χ3v) is 2.93. The molecule has 0 saturated heterocycles. The molecule has 1 heterocycles. The predicted molar refractivity (Wildman–Crippen MR) is 68.4 cm³/mol. The molecule has 1 aromatic heterocycles. The molecule has 2 aromatic rings. The molecular weight excluding hydrogens is 230 g/mol. The summed E-state index contributed by atoms with van der Waals surface area (Å²) >= 11 is 0. The summed E-state index contributed by atoms with van der Waals surface area (Å²) < 4.78 is 5.59. The number of fused-ring (bicyclic) bond motifs is 1. The summed E-state index contributed by atoms with van der Waals surface area (Å²) in [6.07, 6.45) is 2.19. The highest BCUT2D eigenvalue weighted by atomic mass is 16.4. The summed E-state index contributed by atoms with van der Waals surface area (Å²) in [6.45, 7) is 0.267. The van der Waals surface area contributed by atoms with Gasteiger partial charge in [0, 0.05) is 13.1 Å². The van der Waals surface area contributed by atoms with E-state index in [0.717, 1.165) is 23.9 Å². The first-order chi connectivity index (χ1) is 8.72. The van der Waals surface area contributed by atoms with Crippen molar-refractivity contribution < 1.29 is 9.21 Å². The zero-order valence-electron chi connectivity index (χ0n) is 10.2. The van der Waals surface area contributed by atoms with Crippen LogP contribution in [0, 0.1) is 0 Å². The van der Waals surface area contributed by atoms with Crippen LogP contribution in [0.2, 0.25) is 0 Å². The second-order valence-corrected chi connectivity index (χ2v) is 4.66. The van der Waals surface area contributed by atoms with Gasteiger partial charge in [-0.05, 0) is 25.0 Å². The van der Waals surface area contributed by atoms with Gasteiger partial charge in [0.05, 0.1) is 0 Å². The van der Waals surface area contributed by atoms with E-state index in [1.807, 2.05) is 24.3 Å². The number of amides is 1. The monoisotopic (exact) mass is 245 g/mol. The average Bonchev–Trinajstić information content (AvgIpc) is 3.05. The van der Waals surface area contributed by atoms with E-state index in [-0.39, 0.29) is 12.5 Å². The minimum absolute atomic E-state index is 0.0160. The second kappa shape index (κ2) is 4.33. The number of carbonyl (C=O) groups excluding carboxylic acids is 1. The van der Waals surface area contributed by atoms with Crippen molar-refractivity contribution in [1.82, 2.24) is 10.3 Å². The molecule has 0 aliphatic heterocycles. The number of oxazole rings is 1. The minimum Gasteiger partial charge on any atom is -0.423 e. The summed E-state index contributed by atoms with van der Waals surface area (Å²) in [6, 6.07) is 8.42. The van der Waals surface area contributed by atoms with Crippen molar-refractivity contribution in [3.8, 4) is 0 Å². The maximum Gasteiger partial charge on any atom is 0.298 e. The van der Waals surface area contributed by atoms with Gasteiger partial charge in [-0.25, -0.2) is 0 Å². The summed E-state index contributed by atoms with van der Waals surface area (Å²) in [5.41, 5.74) is 1.55. The molecule has 0 unspecified atom stereocenters. The van der Waals surface area contributed by atoms with Gasteiger partial charge >= 0.3 is 0 Å². The molecule has 1 amide bonds. The van der Waals surface area contributed by atoms with E-state index in [1.54, 1.807) is 11.9 Å². The van der Waals surface area contributed by atoms with Crippen molar-refractivity contribution in [3.05, 3.63) is 24.3 Å². The predicted octanol–water partition coefficient (Wildman–Crippen LogP) is 1.54. The molecule has 0 atom stereocenters. The molecule has 1 fully saturated rings. The van der Waals surface area contributed by atoms with Gasteiger partial charge in [0.2, 0.25) is 5.91 Å². The zero-order chi connectivity index (χ0) is 12.5. The number of likely N-dealkylation sites (N-methyl/N-ethyl adjacent to an activating group) is 1. The molecule has 0 spiro atoms. The molecule has 0 radical (unpaired) electrons. The molecule has 1 aromatic carbocycles. The average molecular weight is 245 g/mol. The van der Waals surface area contributed by atoms with E-state index in [4.69, 9.17) is 4.42 Å². The molecule has 1 aliphatic carbocycles. The van der Waals surface area contributed by atoms with E-state index in [1.165, 1.54) is 0 Å². The Labute approximate surface area is 105 Å². The third-order valence-electron chi connectivity index (χ3n) is 2.93. The number of carbonyl (C=O) groups is 1. The first-order valence-electron chi connectivity index (χ1n) is 6.08. The van der Waals surface area contributed by atoms with Crippen molar-refractivity contribution in [3.63, 3.8) is 0 Å². The quantitative estimate of drug-likeness (QED) is 0.887. The molecule has 1 aliphatic rings. The number of rotatable bonds is 4. The van der Waals surface area contributed by atoms with Crippen LogP contribution in [-0.4, -0.2) is 30.5 Å². The largest absolute Gasteiger partial charge is 0.423 e. The highest BCUT2D eigenvalue weighted by Gasteiger charge is 2.24. The number of nitrogens with one attached hydrogen (secondary N) is 1. The number of para-hydroxylation sites is 2. The van der Waals surface area contributed by atoms with Crippen LogP contribution in [0.3, 0.4) is 0 Å². The fourth-order valence-corrected chi connectivity index (χ4v) is 1.81. The Kier molecular flexibility index (Phi) is 2.66. The third kappa shape index (κ3) is 2.30. The molecule has 94 valence electrons. The van der Waals surface area contributed by atoms with E-state index < -0.39 is 0 Å². The van der Waals surface area contributed by atoms with Crippen LogP contribution in [0.5, 0.6) is 0 Å². The molecule has 18 heavy (non-hydrogen) atoms. The van der Waals surface area contributed by atoms with Gasteiger partial charge in [0.25, 0.3) is 6.01 Å². The summed E-state index contributed by atoms with van der Waals surface area (Å²) in [4.78, 5) is 17.7. The molecule has 1 saturated carbocycles. The van der Waals surface area contributed by atoms with E-state index in [0.29, 0.717) is 12.1 Å². The molecule has 5 nitrogen and oxygen atoms in total. The maximum absolute atomic E-state index is 11.7. The lowest BCUT2D eigenvalue weighted by Crippen LogP contribution is -2.36. The highest BCUT2D eigenvalue weighted by molar-refractivity contribution is 5.82. The maximum atomic E-state index is 11.7. The number of benzene rings is 1. The summed E-state index contributed by atoms with van der Waals surface area (Å²) in [7, 11) is 1.80. The van der Waals surface area contributed by atoms with Crippen LogP contribution in [-0.2, 0) is 4.79 Å². The normalized spacial score (nSPS) is 14.7. The number of aromatic nitrogens is 1. The SMILES string of the molecule is CN(CC(=O)NC1CC1)c1nc2ccccc2o1. The van der Waals surface area contributed by atoms with Crippen molar-refractivity contribution in [2.45, 2.75) is 18.9 Å². The topological polar surface area (TPSA) is 58.4 Å². The van der Waals surface area contributed by atoms with Crippen molar-refractivity contribution >= 4 is 23.0 Å². The lowest BCUT2D eigenvalue weighted by atomic mass is 10.3. The van der Waals surface area contributed by atoms with Gasteiger partial charge < -0.3 is 14.6 Å². The first kappa shape index (κ1) is 11.1. The number of hydrogen-bond acceptors (Lipinski definition) is 4. The molecule has 1 N–H and O–H groups in total. The second-order valence-electron chi connectivity index (χ2n) is 4.66. The van der Waals surface area contributed by atoms with Gasteiger partial charge in [-0.2, -0.15) is 4.98 Å². The number of anilines is 1. The van der Waals surface area contributed by atoms with Gasteiger partial charge in [-0.1, -0.05) is 12.1 Å². The van der Waals surface area contributed by atoms with Gasteiger partial charge in [-0.3, -0.25) is 4.79 Å². The molecular formula is C13H15N3O2. The van der Waals surface area contributed by atoms with Crippen molar-refractivity contribution in [1.29, 1.82) is 0 Å². The van der Waals surface area contributed by atoms with Gasteiger partial charge in [0.1, 0.15) is 12.1 Å². The summed E-state index contributed by atoms with van der Waals surface area (Å²) in [5, 5.41) is 2.94. The Balaban J connectivity index is 1.70. The number of nitrogens with zero attached hydrogens (tertiary/aromatic N) is 2. The van der Waals surface area contributed by atoms with Crippen LogP contribution in [0.25, 0.3) is 11.1 Å². The van der Waals surface area contributed by atoms with E-state index in [9.17, 15) is 4.79 Å². The Morgan fingerprint density at radius 1 is 1.50 bits per heavy atom. The van der Waals surface area contributed by atoms with Crippen LogP contribution >= 0.6 is 0 Å². The Hall–Kier alpha value is -2.04. The van der Waals surface area contributed by atoms with Crippen LogP contribution < -0.4 is 10.2 Å². The Morgan fingerprint density at radius 2 is 2.28 bits per heavy atom. The van der Waals surface area contributed by atoms with E-state index >= 15 is 0 Å². The van der Waals surface area contributed by atoms with Crippen molar-refractivity contribution in [2.24, 2.45) is 0 Å². The lowest BCUT2D eigenvalue weighted by molar-refractivity contribution is -0.119. The summed E-state index contributed by atoms with van der Waals surface area (Å²) in [5.74, 6) is 0.0160. The number of hydrogen-bond donors (Lipinski definition) is 1. The smallest absolute Gasteiger partial charge is 0.298 e. The molecule has 5 heteroatoms. The van der Waals surface area contributed by atoms with Crippen LogP contribution in [0.4, 0.5) is 6.01 Å². The van der Waals surface area contributed by atoms with E-state index in [2.05, 4.69) is 10.3 Å². The van der Waals surface area contributed by atoms with Crippen LogP contribution in [0.1, 0.15) is 12.8 Å². The standard InChI is InChI=1S/C13H15N3O2/c1-16(8-12(17)14-9-6-7-9)13-15-10-4-2-3-5-11(10)18-13/h2-5,9H,6-8H2,1H3,(H,14,17). The minimum atomic E-state index is 0.0160. The van der Waals surface area contributed by atoms with Crippen LogP contribution in [0.15, 0.2) is 28.7 Å². The van der Waals surface area contributed by atoms with Gasteiger partial charge in [0.15, 0.2) is 5.58 Å². The first-order valence-corrected chi connectivity index (χ1v) is 6.08. The fourth-order valence-electron chi connectivity index (χ4n) is 1.81. The Morgan fingerprint density at radius 3 is 3.00 bits per heavy atom. The Bertz CT molecular complexity index is 541. The fraction of sp³-hybridized carbons (Fsp3) is 0.385. The van der Waals surface area contributed by atoms with Gasteiger partial charge in [-0.15, -0.1) is 0 Å².